The van der Waals surface area contributed by atoms with Crippen LogP contribution in [0.5, 0.6) is 0 Å². The zero-order chi connectivity index (χ0) is 13.9. The predicted octanol–water partition coefficient (Wildman–Crippen LogP) is 4.49. The van der Waals surface area contributed by atoms with E-state index in [1.165, 1.54) is 0 Å². The van der Waals surface area contributed by atoms with Crippen LogP contribution >= 0.6 is 27.3 Å². The van der Waals surface area contributed by atoms with Crippen molar-refractivity contribution in [2.45, 2.75) is 39.2 Å². The monoisotopic (exact) mass is 342 g/mol. The van der Waals surface area contributed by atoms with E-state index in [0.29, 0.717) is 0 Å². The SMILES string of the molecule is CC(C)(C)NCCCc1ncc(-c2ccc(Br)s2)o1. The zero-order valence-corrected chi connectivity index (χ0v) is 13.9. The van der Waals surface area contributed by atoms with Gasteiger partial charge < -0.3 is 9.73 Å². The van der Waals surface area contributed by atoms with Crippen LogP contribution in [0.2, 0.25) is 0 Å². The average Bonchev–Trinajstić information content (AvgIpc) is 2.92. The maximum Gasteiger partial charge on any atom is 0.194 e. The number of halogens is 1. The van der Waals surface area contributed by atoms with Gasteiger partial charge in [0.25, 0.3) is 0 Å². The Morgan fingerprint density at radius 1 is 1.37 bits per heavy atom. The van der Waals surface area contributed by atoms with Gasteiger partial charge in [0, 0.05) is 12.0 Å². The Morgan fingerprint density at radius 2 is 2.16 bits per heavy atom. The Balaban J connectivity index is 1.85. The first-order valence-corrected chi connectivity index (χ1v) is 8.00. The Hall–Kier alpha value is -0.650. The summed E-state index contributed by atoms with van der Waals surface area (Å²) in [6.45, 7) is 7.49. The molecule has 0 fully saturated rings. The van der Waals surface area contributed by atoms with E-state index < -0.39 is 0 Å². The highest BCUT2D eigenvalue weighted by atomic mass is 79.9. The molecule has 19 heavy (non-hydrogen) atoms. The molecule has 0 aliphatic carbocycles. The normalized spacial score (nSPS) is 12.0. The number of aromatic nitrogens is 1. The Morgan fingerprint density at radius 3 is 2.79 bits per heavy atom. The maximum atomic E-state index is 5.77. The molecular formula is C14H19BrN2OS. The molecule has 0 aromatic carbocycles. The molecule has 2 heterocycles. The van der Waals surface area contributed by atoms with Gasteiger partial charge in [0.2, 0.25) is 0 Å². The first kappa shape index (κ1) is 14.8. The molecule has 2 aromatic rings. The quantitative estimate of drug-likeness (QED) is 0.813. The summed E-state index contributed by atoms with van der Waals surface area (Å²) in [5.41, 5.74) is 0.172. The van der Waals surface area contributed by atoms with E-state index >= 15 is 0 Å². The van der Waals surface area contributed by atoms with Gasteiger partial charge in [-0.1, -0.05) is 0 Å². The van der Waals surface area contributed by atoms with Crippen LogP contribution in [-0.2, 0) is 6.42 Å². The molecule has 2 aromatic heterocycles. The molecule has 0 unspecified atom stereocenters. The molecule has 0 saturated carbocycles. The molecule has 5 heteroatoms. The van der Waals surface area contributed by atoms with Crippen LogP contribution < -0.4 is 5.32 Å². The molecule has 3 nitrogen and oxygen atoms in total. The van der Waals surface area contributed by atoms with Gasteiger partial charge in [0.05, 0.1) is 14.9 Å². The summed E-state index contributed by atoms with van der Waals surface area (Å²) in [5, 5.41) is 3.46. The lowest BCUT2D eigenvalue weighted by molar-refractivity contribution is 0.413. The third kappa shape index (κ3) is 4.75. The molecule has 2 rings (SSSR count). The molecule has 0 bridgehead atoms. The second-order valence-electron chi connectivity index (χ2n) is 5.50. The predicted molar refractivity (Wildman–Crippen MR) is 83.6 cm³/mol. The second-order valence-corrected chi connectivity index (χ2v) is 7.97. The van der Waals surface area contributed by atoms with Crippen molar-refractivity contribution in [2.75, 3.05) is 6.54 Å². The smallest absolute Gasteiger partial charge is 0.194 e. The van der Waals surface area contributed by atoms with Crippen molar-refractivity contribution in [1.82, 2.24) is 10.3 Å². The Bertz CT molecular complexity index is 528. The summed E-state index contributed by atoms with van der Waals surface area (Å²) in [7, 11) is 0. The summed E-state index contributed by atoms with van der Waals surface area (Å²) >= 11 is 5.11. The van der Waals surface area contributed by atoms with Crippen LogP contribution in [0.15, 0.2) is 26.5 Å². The molecule has 0 amide bonds. The van der Waals surface area contributed by atoms with E-state index in [-0.39, 0.29) is 5.54 Å². The number of rotatable bonds is 5. The third-order valence-corrected chi connectivity index (χ3v) is 4.23. The summed E-state index contributed by atoms with van der Waals surface area (Å²) in [5.74, 6) is 1.67. The fourth-order valence-corrected chi connectivity index (χ4v) is 3.02. The third-order valence-electron chi connectivity index (χ3n) is 2.59. The summed E-state index contributed by atoms with van der Waals surface area (Å²) in [4.78, 5) is 5.44. The first-order valence-electron chi connectivity index (χ1n) is 6.39. The molecule has 0 radical (unpaired) electrons. The standard InChI is InChI=1S/C14H19BrN2OS/c1-14(2,3)17-8-4-5-13-16-9-10(18-13)11-6-7-12(15)19-11/h6-7,9,17H,4-5,8H2,1-3H3. The number of hydrogen-bond acceptors (Lipinski definition) is 4. The van der Waals surface area contributed by atoms with Crippen molar-refractivity contribution in [3.63, 3.8) is 0 Å². The van der Waals surface area contributed by atoms with Crippen LogP contribution in [0.3, 0.4) is 0 Å². The molecule has 1 N–H and O–H groups in total. The minimum absolute atomic E-state index is 0.172. The van der Waals surface area contributed by atoms with E-state index in [1.54, 1.807) is 11.3 Å². The maximum absolute atomic E-state index is 5.77. The molecule has 104 valence electrons. The number of nitrogens with zero attached hydrogens (tertiary/aromatic N) is 1. The molecule has 0 atom stereocenters. The largest absolute Gasteiger partial charge is 0.440 e. The Kier molecular flexibility index (Phi) is 4.81. The average molecular weight is 343 g/mol. The van der Waals surface area contributed by atoms with Crippen LogP contribution in [0.25, 0.3) is 10.6 Å². The van der Waals surface area contributed by atoms with Gasteiger partial charge in [-0.15, -0.1) is 11.3 Å². The van der Waals surface area contributed by atoms with Gasteiger partial charge in [0.1, 0.15) is 0 Å². The van der Waals surface area contributed by atoms with Gasteiger partial charge in [0.15, 0.2) is 11.7 Å². The number of oxazole rings is 1. The number of thiophene rings is 1. The van der Waals surface area contributed by atoms with Gasteiger partial charge in [-0.05, 0) is 61.8 Å². The van der Waals surface area contributed by atoms with Crippen LogP contribution in [-0.4, -0.2) is 17.1 Å². The van der Waals surface area contributed by atoms with Gasteiger partial charge in [-0.2, -0.15) is 0 Å². The summed E-state index contributed by atoms with van der Waals surface area (Å²) in [6, 6.07) is 4.07. The van der Waals surface area contributed by atoms with Gasteiger partial charge >= 0.3 is 0 Å². The van der Waals surface area contributed by atoms with E-state index in [1.807, 2.05) is 18.3 Å². The molecule has 0 aliphatic rings. The molecule has 0 aliphatic heterocycles. The number of aryl methyl sites for hydroxylation is 1. The summed E-state index contributed by atoms with van der Waals surface area (Å²) in [6.07, 6.45) is 3.71. The number of hydrogen-bond donors (Lipinski definition) is 1. The zero-order valence-electron chi connectivity index (χ0n) is 11.5. The van der Waals surface area contributed by atoms with Crippen molar-refractivity contribution in [3.05, 3.63) is 28.0 Å². The van der Waals surface area contributed by atoms with Gasteiger partial charge in [-0.25, -0.2) is 4.98 Å². The minimum atomic E-state index is 0.172. The second kappa shape index (κ2) is 6.20. The lowest BCUT2D eigenvalue weighted by Crippen LogP contribution is -2.36. The van der Waals surface area contributed by atoms with Crippen LogP contribution in [0, 0.1) is 0 Å². The molecule has 0 spiro atoms. The van der Waals surface area contributed by atoms with E-state index in [4.69, 9.17) is 4.42 Å². The fourth-order valence-electron chi connectivity index (χ4n) is 1.69. The topological polar surface area (TPSA) is 38.1 Å². The van der Waals surface area contributed by atoms with Crippen molar-refractivity contribution < 1.29 is 4.42 Å². The lowest BCUT2D eigenvalue weighted by atomic mass is 10.1. The fraction of sp³-hybridized carbons (Fsp3) is 0.500. The minimum Gasteiger partial charge on any atom is -0.440 e. The lowest BCUT2D eigenvalue weighted by Gasteiger charge is -2.19. The highest BCUT2D eigenvalue weighted by Gasteiger charge is 2.10. The molecular weight excluding hydrogens is 324 g/mol. The van der Waals surface area contributed by atoms with Crippen molar-refractivity contribution >= 4 is 27.3 Å². The number of nitrogens with one attached hydrogen (secondary N) is 1. The van der Waals surface area contributed by atoms with Gasteiger partial charge in [-0.3, -0.25) is 0 Å². The van der Waals surface area contributed by atoms with E-state index in [2.05, 4.69) is 47.0 Å². The van der Waals surface area contributed by atoms with Crippen molar-refractivity contribution in [3.8, 4) is 10.6 Å². The Labute approximate surface area is 126 Å². The highest BCUT2D eigenvalue weighted by Crippen LogP contribution is 2.31. The molecule has 0 saturated heterocycles. The van der Waals surface area contributed by atoms with E-state index in [9.17, 15) is 0 Å². The van der Waals surface area contributed by atoms with Crippen molar-refractivity contribution in [2.24, 2.45) is 0 Å². The van der Waals surface area contributed by atoms with Crippen LogP contribution in [0.1, 0.15) is 33.1 Å². The summed E-state index contributed by atoms with van der Waals surface area (Å²) < 4.78 is 6.87. The van der Waals surface area contributed by atoms with Crippen molar-refractivity contribution in [1.29, 1.82) is 0 Å². The van der Waals surface area contributed by atoms with Crippen LogP contribution in [0.4, 0.5) is 0 Å². The highest BCUT2D eigenvalue weighted by molar-refractivity contribution is 9.11. The van der Waals surface area contributed by atoms with E-state index in [0.717, 1.165) is 39.7 Å². The first-order chi connectivity index (χ1) is 8.94.